The summed E-state index contributed by atoms with van der Waals surface area (Å²) in [4.78, 5) is 7.47. The van der Waals surface area contributed by atoms with Crippen molar-refractivity contribution in [1.82, 2.24) is 0 Å². The van der Waals surface area contributed by atoms with Crippen molar-refractivity contribution in [3.63, 3.8) is 0 Å². The van der Waals surface area contributed by atoms with E-state index in [1.165, 1.54) is 9.78 Å². The summed E-state index contributed by atoms with van der Waals surface area (Å²) in [7, 11) is 1.61. The molecule has 1 fully saturated rings. The SMILES string of the molecule is COc1ccc(O)c(C=NC[C@@H](c2cccs2)[NH+]2CCOCC2)c1. The molecule has 0 radical (unpaired) electrons. The lowest BCUT2D eigenvalue weighted by Gasteiger charge is -2.30. The summed E-state index contributed by atoms with van der Waals surface area (Å²) >= 11 is 1.78. The van der Waals surface area contributed by atoms with Crippen LogP contribution in [0.2, 0.25) is 0 Å². The lowest BCUT2D eigenvalue weighted by atomic mass is 10.2. The molecule has 1 saturated heterocycles. The van der Waals surface area contributed by atoms with Crippen LogP contribution in [0.25, 0.3) is 0 Å². The summed E-state index contributed by atoms with van der Waals surface area (Å²) < 4.78 is 10.7. The monoisotopic (exact) mass is 347 g/mol. The van der Waals surface area contributed by atoms with Crippen LogP contribution in [0.5, 0.6) is 11.5 Å². The largest absolute Gasteiger partial charge is 0.507 e. The van der Waals surface area contributed by atoms with E-state index in [4.69, 9.17) is 9.47 Å². The van der Waals surface area contributed by atoms with Gasteiger partial charge in [0.2, 0.25) is 0 Å². The van der Waals surface area contributed by atoms with E-state index in [-0.39, 0.29) is 5.75 Å². The summed E-state index contributed by atoms with van der Waals surface area (Å²) in [5, 5.41) is 12.1. The number of aliphatic imine (C=N–C) groups is 1. The van der Waals surface area contributed by atoms with Crippen molar-refractivity contribution < 1.29 is 19.5 Å². The second-order valence-corrected chi connectivity index (χ2v) is 6.74. The predicted octanol–water partition coefficient (Wildman–Crippen LogP) is 1.54. The number of benzene rings is 1. The molecule has 2 heterocycles. The normalized spacial score (nSPS) is 17.2. The molecule has 0 unspecified atom stereocenters. The van der Waals surface area contributed by atoms with Gasteiger partial charge in [-0.1, -0.05) is 6.07 Å². The number of ether oxygens (including phenoxy) is 2. The number of quaternary nitrogens is 1. The second kappa shape index (κ2) is 8.28. The Morgan fingerprint density at radius 2 is 2.21 bits per heavy atom. The molecule has 5 nitrogen and oxygen atoms in total. The highest BCUT2D eigenvalue weighted by molar-refractivity contribution is 7.10. The van der Waals surface area contributed by atoms with E-state index < -0.39 is 0 Å². The highest BCUT2D eigenvalue weighted by Gasteiger charge is 2.26. The fourth-order valence-corrected chi connectivity index (χ4v) is 3.79. The van der Waals surface area contributed by atoms with E-state index in [0.29, 0.717) is 23.9 Å². The quantitative estimate of drug-likeness (QED) is 0.780. The average molecular weight is 347 g/mol. The number of hydrogen-bond donors (Lipinski definition) is 2. The standard InChI is InChI=1S/C18H22N2O3S/c1-22-15-4-5-17(21)14(11-15)12-19-13-16(18-3-2-10-24-18)20-6-8-23-9-7-20/h2-5,10-12,16,21H,6-9,13H2,1H3/p+1/t16-/m0/s1. The number of nitrogens with one attached hydrogen (secondary N) is 1. The molecule has 0 saturated carbocycles. The van der Waals surface area contributed by atoms with Gasteiger partial charge >= 0.3 is 0 Å². The Morgan fingerprint density at radius 1 is 1.38 bits per heavy atom. The maximum absolute atomic E-state index is 9.96. The molecule has 2 aromatic rings. The molecule has 1 atom stereocenters. The van der Waals surface area contributed by atoms with Crippen LogP contribution in [0.3, 0.4) is 0 Å². The number of rotatable bonds is 6. The van der Waals surface area contributed by atoms with E-state index in [9.17, 15) is 5.11 Å². The first kappa shape index (κ1) is 17.0. The highest BCUT2D eigenvalue weighted by atomic mass is 32.1. The van der Waals surface area contributed by atoms with Crippen molar-refractivity contribution in [3.05, 3.63) is 46.2 Å². The maximum atomic E-state index is 9.96. The van der Waals surface area contributed by atoms with Crippen LogP contribution in [0, 0.1) is 0 Å². The minimum Gasteiger partial charge on any atom is -0.507 e. The minimum absolute atomic E-state index is 0.214. The summed E-state index contributed by atoms with van der Waals surface area (Å²) in [5.41, 5.74) is 0.677. The summed E-state index contributed by atoms with van der Waals surface area (Å²) in [6, 6.07) is 9.75. The Labute approximate surface area is 146 Å². The molecular formula is C18H23N2O3S+. The number of hydrogen-bond acceptors (Lipinski definition) is 5. The van der Waals surface area contributed by atoms with Crippen LogP contribution >= 0.6 is 11.3 Å². The number of phenolic OH excluding ortho intramolecular Hbond substituents is 1. The molecule has 1 aromatic carbocycles. The first-order valence-corrected chi connectivity index (χ1v) is 8.98. The molecule has 3 rings (SSSR count). The molecule has 1 aliphatic heterocycles. The Bertz CT molecular complexity index is 667. The van der Waals surface area contributed by atoms with Gasteiger partial charge in [0.15, 0.2) is 0 Å². The van der Waals surface area contributed by atoms with E-state index in [1.807, 2.05) is 0 Å². The minimum atomic E-state index is 0.214. The molecular weight excluding hydrogens is 324 g/mol. The fourth-order valence-electron chi connectivity index (χ4n) is 2.91. The Kier molecular flexibility index (Phi) is 5.85. The zero-order valence-electron chi connectivity index (χ0n) is 13.8. The molecule has 0 spiro atoms. The van der Waals surface area contributed by atoms with Gasteiger partial charge in [-0.15, -0.1) is 11.3 Å². The highest BCUT2D eigenvalue weighted by Crippen LogP contribution is 2.22. The van der Waals surface area contributed by atoms with Gasteiger partial charge in [0, 0.05) is 11.8 Å². The number of methoxy groups -OCH3 is 1. The van der Waals surface area contributed by atoms with E-state index in [1.54, 1.807) is 42.9 Å². The van der Waals surface area contributed by atoms with Gasteiger partial charge < -0.3 is 19.5 Å². The van der Waals surface area contributed by atoms with Crippen LogP contribution in [0.1, 0.15) is 16.5 Å². The van der Waals surface area contributed by atoms with Gasteiger partial charge in [0.25, 0.3) is 0 Å². The topological polar surface area (TPSA) is 55.5 Å². The summed E-state index contributed by atoms with van der Waals surface area (Å²) in [6.45, 7) is 4.30. The van der Waals surface area contributed by atoms with Crippen molar-refractivity contribution in [2.45, 2.75) is 6.04 Å². The van der Waals surface area contributed by atoms with Crippen molar-refractivity contribution in [2.75, 3.05) is 40.0 Å². The number of aromatic hydroxyl groups is 1. The van der Waals surface area contributed by atoms with Crippen LogP contribution in [-0.2, 0) is 4.74 Å². The number of phenols is 1. The Balaban J connectivity index is 1.73. The second-order valence-electron chi connectivity index (χ2n) is 5.76. The number of thiophene rings is 1. The molecule has 128 valence electrons. The molecule has 0 amide bonds. The van der Waals surface area contributed by atoms with Gasteiger partial charge in [-0.3, -0.25) is 4.99 Å². The number of nitrogens with zero attached hydrogens (tertiary/aromatic N) is 1. The maximum Gasteiger partial charge on any atom is 0.142 e. The third kappa shape index (κ3) is 4.14. The zero-order valence-corrected chi connectivity index (χ0v) is 14.6. The molecule has 6 heteroatoms. The lowest BCUT2D eigenvalue weighted by molar-refractivity contribution is -0.937. The lowest BCUT2D eigenvalue weighted by Crippen LogP contribution is -3.14. The third-order valence-electron chi connectivity index (χ3n) is 4.27. The molecule has 0 aliphatic carbocycles. The van der Waals surface area contributed by atoms with Gasteiger partial charge in [0.1, 0.15) is 30.6 Å². The van der Waals surface area contributed by atoms with Gasteiger partial charge in [-0.05, 0) is 29.6 Å². The van der Waals surface area contributed by atoms with Crippen LogP contribution in [0.4, 0.5) is 0 Å². The molecule has 2 N–H and O–H groups in total. The van der Waals surface area contributed by atoms with Crippen molar-refractivity contribution in [1.29, 1.82) is 0 Å². The van der Waals surface area contributed by atoms with E-state index in [2.05, 4.69) is 22.5 Å². The Morgan fingerprint density at radius 3 is 2.92 bits per heavy atom. The first-order valence-electron chi connectivity index (χ1n) is 8.10. The van der Waals surface area contributed by atoms with Gasteiger partial charge in [-0.25, -0.2) is 0 Å². The van der Waals surface area contributed by atoms with Crippen LogP contribution in [0.15, 0.2) is 40.7 Å². The smallest absolute Gasteiger partial charge is 0.142 e. The van der Waals surface area contributed by atoms with E-state index in [0.717, 1.165) is 26.3 Å². The fraction of sp³-hybridized carbons (Fsp3) is 0.389. The molecule has 0 bridgehead atoms. The molecule has 1 aliphatic rings. The number of morpholine rings is 1. The van der Waals surface area contributed by atoms with Crippen LogP contribution in [-0.4, -0.2) is 51.3 Å². The third-order valence-corrected chi connectivity index (χ3v) is 5.25. The molecule has 24 heavy (non-hydrogen) atoms. The average Bonchev–Trinajstić information content (AvgIpc) is 3.15. The van der Waals surface area contributed by atoms with Gasteiger partial charge in [0.05, 0.1) is 31.7 Å². The Hall–Kier alpha value is -1.89. The zero-order chi connectivity index (χ0) is 16.8. The predicted molar refractivity (Wildman–Crippen MR) is 95.7 cm³/mol. The van der Waals surface area contributed by atoms with E-state index >= 15 is 0 Å². The van der Waals surface area contributed by atoms with Crippen molar-refractivity contribution >= 4 is 17.6 Å². The molecule has 1 aromatic heterocycles. The van der Waals surface area contributed by atoms with Crippen molar-refractivity contribution in [3.8, 4) is 11.5 Å². The first-order chi connectivity index (χ1) is 11.8. The van der Waals surface area contributed by atoms with Crippen LogP contribution < -0.4 is 9.64 Å². The van der Waals surface area contributed by atoms with Crippen molar-refractivity contribution in [2.24, 2.45) is 4.99 Å². The van der Waals surface area contributed by atoms with Gasteiger partial charge in [-0.2, -0.15) is 0 Å². The summed E-state index contributed by atoms with van der Waals surface area (Å²) in [6.07, 6.45) is 1.73. The summed E-state index contributed by atoms with van der Waals surface area (Å²) in [5.74, 6) is 0.925.